The monoisotopic (exact) mass is 359 g/mol. The van der Waals surface area contributed by atoms with Crippen LogP contribution in [0.15, 0.2) is 24.3 Å². The zero-order chi connectivity index (χ0) is 18.4. The summed E-state index contributed by atoms with van der Waals surface area (Å²) in [5.41, 5.74) is 2.54. The molecule has 0 spiro atoms. The second-order valence-electron chi connectivity index (χ2n) is 7.84. The van der Waals surface area contributed by atoms with Crippen molar-refractivity contribution in [3.8, 4) is 0 Å². The van der Waals surface area contributed by atoms with Crippen molar-refractivity contribution in [3.63, 3.8) is 0 Å². The van der Waals surface area contributed by atoms with E-state index in [9.17, 15) is 4.79 Å². The maximum atomic E-state index is 12.5. The minimum atomic E-state index is 0.148. The maximum absolute atomic E-state index is 12.5. The minimum absolute atomic E-state index is 0.148. The Morgan fingerprint density at radius 2 is 1.96 bits per heavy atom. The van der Waals surface area contributed by atoms with Crippen molar-refractivity contribution in [3.05, 3.63) is 29.8 Å². The number of carbonyl (C=O) groups excluding carboxylic acids is 1. The van der Waals surface area contributed by atoms with Gasteiger partial charge in [0.25, 0.3) is 0 Å². The summed E-state index contributed by atoms with van der Waals surface area (Å²) >= 11 is 0. The summed E-state index contributed by atoms with van der Waals surface area (Å²) in [5, 5.41) is 3.26. The Morgan fingerprint density at radius 3 is 2.73 bits per heavy atom. The maximum Gasteiger partial charge on any atom is 0.234 e. The minimum Gasteiger partial charge on any atom is -0.378 e. The SMILES string of the molecule is CC1CCCCC1NC(=O)CN(C)Cc1ccccc1N1CCOCC1. The van der Waals surface area contributed by atoms with Crippen LogP contribution in [-0.4, -0.2) is 56.7 Å². The van der Waals surface area contributed by atoms with E-state index in [1.165, 1.54) is 30.5 Å². The van der Waals surface area contributed by atoms with Crippen molar-refractivity contribution in [1.82, 2.24) is 10.2 Å². The molecule has 5 nitrogen and oxygen atoms in total. The summed E-state index contributed by atoms with van der Waals surface area (Å²) < 4.78 is 5.47. The van der Waals surface area contributed by atoms with Gasteiger partial charge in [0.2, 0.25) is 5.91 Å². The second-order valence-corrected chi connectivity index (χ2v) is 7.84. The lowest BCUT2D eigenvalue weighted by Gasteiger charge is -2.32. The number of carbonyl (C=O) groups is 1. The van der Waals surface area contributed by atoms with Gasteiger partial charge in [-0.05, 0) is 37.4 Å². The van der Waals surface area contributed by atoms with E-state index in [4.69, 9.17) is 4.74 Å². The summed E-state index contributed by atoms with van der Waals surface area (Å²) in [6, 6.07) is 8.87. The molecule has 1 saturated heterocycles. The number of amides is 1. The third kappa shape index (κ3) is 5.21. The largest absolute Gasteiger partial charge is 0.378 e. The normalized spacial score (nSPS) is 23.9. The average molecular weight is 360 g/mol. The molecule has 0 bridgehead atoms. The average Bonchev–Trinajstić information content (AvgIpc) is 2.64. The Labute approximate surface area is 157 Å². The molecule has 2 aliphatic rings. The molecule has 0 radical (unpaired) electrons. The molecule has 1 heterocycles. The van der Waals surface area contributed by atoms with Crippen molar-refractivity contribution in [2.24, 2.45) is 5.92 Å². The van der Waals surface area contributed by atoms with Crippen molar-refractivity contribution in [2.45, 2.75) is 45.2 Å². The molecule has 1 aromatic carbocycles. The van der Waals surface area contributed by atoms with Gasteiger partial charge in [-0.15, -0.1) is 0 Å². The van der Waals surface area contributed by atoms with Crippen molar-refractivity contribution >= 4 is 11.6 Å². The van der Waals surface area contributed by atoms with Crippen LogP contribution in [0.3, 0.4) is 0 Å². The number of nitrogens with zero attached hydrogens (tertiary/aromatic N) is 2. The molecule has 1 amide bonds. The number of ether oxygens (including phenoxy) is 1. The smallest absolute Gasteiger partial charge is 0.234 e. The summed E-state index contributed by atoms with van der Waals surface area (Å²) in [6.07, 6.45) is 4.88. The highest BCUT2D eigenvalue weighted by atomic mass is 16.5. The van der Waals surface area contributed by atoms with E-state index in [1.807, 2.05) is 7.05 Å². The molecule has 26 heavy (non-hydrogen) atoms. The van der Waals surface area contributed by atoms with E-state index in [1.54, 1.807) is 0 Å². The van der Waals surface area contributed by atoms with Gasteiger partial charge in [-0.3, -0.25) is 9.69 Å². The number of benzene rings is 1. The zero-order valence-electron chi connectivity index (χ0n) is 16.2. The van der Waals surface area contributed by atoms with Crippen LogP contribution in [0.2, 0.25) is 0 Å². The molecule has 1 N–H and O–H groups in total. The van der Waals surface area contributed by atoms with Gasteiger partial charge >= 0.3 is 0 Å². The van der Waals surface area contributed by atoms with Crippen LogP contribution < -0.4 is 10.2 Å². The Hall–Kier alpha value is -1.59. The zero-order valence-corrected chi connectivity index (χ0v) is 16.2. The van der Waals surface area contributed by atoms with Crippen molar-refractivity contribution in [1.29, 1.82) is 0 Å². The van der Waals surface area contributed by atoms with Crippen molar-refractivity contribution in [2.75, 3.05) is 44.8 Å². The van der Waals surface area contributed by atoms with Gasteiger partial charge in [0.05, 0.1) is 19.8 Å². The lowest BCUT2D eigenvalue weighted by molar-refractivity contribution is -0.123. The molecule has 2 atom stereocenters. The number of likely N-dealkylation sites (N-methyl/N-ethyl adjacent to an activating group) is 1. The van der Waals surface area contributed by atoms with Crippen LogP contribution >= 0.6 is 0 Å². The molecule has 1 aliphatic heterocycles. The number of rotatable bonds is 6. The molecule has 1 saturated carbocycles. The van der Waals surface area contributed by atoms with Crippen molar-refractivity contribution < 1.29 is 9.53 Å². The molecular weight excluding hydrogens is 326 g/mol. The molecule has 0 aromatic heterocycles. The second kappa shape index (κ2) is 9.38. The number of anilines is 1. The Bertz CT molecular complexity index is 586. The highest BCUT2D eigenvalue weighted by Crippen LogP contribution is 2.24. The van der Waals surface area contributed by atoms with Gasteiger partial charge in [0.15, 0.2) is 0 Å². The standard InChI is InChI=1S/C21H33N3O2/c1-17-7-3-5-9-19(17)22-21(25)16-23(2)15-18-8-4-6-10-20(18)24-11-13-26-14-12-24/h4,6,8,10,17,19H,3,5,7,9,11-16H2,1-2H3,(H,22,25). The topological polar surface area (TPSA) is 44.8 Å². The van der Waals surface area contributed by atoms with E-state index >= 15 is 0 Å². The number of hydrogen-bond donors (Lipinski definition) is 1. The Morgan fingerprint density at radius 1 is 1.23 bits per heavy atom. The number of para-hydroxylation sites is 1. The lowest BCUT2D eigenvalue weighted by Crippen LogP contribution is -2.45. The van der Waals surface area contributed by atoms with Gasteiger partial charge in [0.1, 0.15) is 0 Å². The molecular formula is C21H33N3O2. The number of morpholine rings is 1. The van der Waals surface area contributed by atoms with Crippen LogP contribution in [-0.2, 0) is 16.1 Å². The van der Waals surface area contributed by atoms with E-state index in [0.29, 0.717) is 18.5 Å². The van der Waals surface area contributed by atoms with E-state index in [-0.39, 0.29) is 5.91 Å². The van der Waals surface area contributed by atoms with E-state index in [0.717, 1.165) is 39.3 Å². The summed E-state index contributed by atoms with van der Waals surface area (Å²) in [5.74, 6) is 0.746. The molecule has 1 aliphatic carbocycles. The summed E-state index contributed by atoms with van der Waals surface area (Å²) in [6.45, 7) is 6.91. The van der Waals surface area contributed by atoms with Crippen LogP contribution in [0.4, 0.5) is 5.69 Å². The van der Waals surface area contributed by atoms with Gasteiger partial charge < -0.3 is 15.0 Å². The van der Waals surface area contributed by atoms with Gasteiger partial charge in [0, 0.05) is 31.4 Å². The fourth-order valence-electron chi connectivity index (χ4n) is 4.13. The fraction of sp³-hybridized carbons (Fsp3) is 0.667. The first-order valence-electron chi connectivity index (χ1n) is 10.0. The van der Waals surface area contributed by atoms with Crippen LogP contribution in [0, 0.1) is 5.92 Å². The van der Waals surface area contributed by atoms with Crippen LogP contribution in [0.25, 0.3) is 0 Å². The first kappa shape index (κ1) is 19.2. The predicted molar refractivity (Wildman–Crippen MR) is 105 cm³/mol. The number of hydrogen-bond acceptors (Lipinski definition) is 4. The van der Waals surface area contributed by atoms with E-state index in [2.05, 4.69) is 46.3 Å². The summed E-state index contributed by atoms with van der Waals surface area (Å²) in [4.78, 5) is 17.0. The molecule has 2 fully saturated rings. The third-order valence-electron chi connectivity index (χ3n) is 5.66. The molecule has 144 valence electrons. The van der Waals surface area contributed by atoms with Crippen LogP contribution in [0.5, 0.6) is 0 Å². The van der Waals surface area contributed by atoms with E-state index < -0.39 is 0 Å². The van der Waals surface area contributed by atoms with Gasteiger partial charge in [-0.25, -0.2) is 0 Å². The molecule has 5 heteroatoms. The third-order valence-corrected chi connectivity index (χ3v) is 5.66. The first-order chi connectivity index (χ1) is 12.6. The highest BCUT2D eigenvalue weighted by molar-refractivity contribution is 5.78. The highest BCUT2D eigenvalue weighted by Gasteiger charge is 2.23. The Balaban J connectivity index is 1.54. The Kier molecular flexibility index (Phi) is 6.92. The fourth-order valence-corrected chi connectivity index (χ4v) is 4.13. The van der Waals surface area contributed by atoms with Gasteiger partial charge in [-0.2, -0.15) is 0 Å². The number of nitrogens with one attached hydrogen (secondary N) is 1. The molecule has 1 aromatic rings. The van der Waals surface area contributed by atoms with Crippen LogP contribution in [0.1, 0.15) is 38.2 Å². The lowest BCUT2D eigenvalue weighted by atomic mass is 9.86. The van der Waals surface area contributed by atoms with Gasteiger partial charge in [-0.1, -0.05) is 38.0 Å². The predicted octanol–water partition coefficient (Wildman–Crippen LogP) is 2.65. The first-order valence-corrected chi connectivity index (χ1v) is 10.0. The molecule has 2 unspecified atom stereocenters. The molecule has 3 rings (SSSR count). The summed E-state index contributed by atoms with van der Waals surface area (Å²) in [7, 11) is 2.03. The quantitative estimate of drug-likeness (QED) is 0.848.